The number of oxazole rings is 1. The standard InChI is InChI=1S/C49H30N2O2/c1-2-11-35(12-3-1)49-50-45-30-46-44(29-47(45)53-49)42-16-8-15-41(48(42)52-46)33-20-23-37(24-21-33)51(38-25-19-31-9-4-5-13-36(31)27-38)39-26-22-34-18-17-32-10-6-7-14-40(32)43(34)28-39/h1-30H. The molecule has 0 radical (unpaired) electrons. The van der Waals surface area contributed by atoms with Crippen LogP contribution in [0.4, 0.5) is 17.1 Å². The summed E-state index contributed by atoms with van der Waals surface area (Å²) in [6, 6.07) is 64.2. The van der Waals surface area contributed by atoms with Gasteiger partial charge in [-0.3, -0.25) is 0 Å². The Kier molecular flexibility index (Phi) is 6.52. The second-order valence-electron chi connectivity index (χ2n) is 13.6. The molecule has 11 aromatic rings. The lowest BCUT2D eigenvalue weighted by atomic mass is 10.00. The van der Waals surface area contributed by atoms with Crippen LogP contribution in [0, 0.1) is 0 Å². The van der Waals surface area contributed by atoms with Gasteiger partial charge in [-0.2, -0.15) is 0 Å². The zero-order chi connectivity index (χ0) is 34.9. The van der Waals surface area contributed by atoms with Crippen molar-refractivity contribution in [1.29, 1.82) is 0 Å². The molecule has 0 saturated heterocycles. The van der Waals surface area contributed by atoms with Crippen LogP contribution in [-0.2, 0) is 0 Å². The van der Waals surface area contributed by atoms with Crippen molar-refractivity contribution in [1.82, 2.24) is 4.98 Å². The van der Waals surface area contributed by atoms with Gasteiger partial charge in [0.2, 0.25) is 5.89 Å². The normalized spacial score (nSPS) is 11.8. The molecule has 4 heteroatoms. The zero-order valence-electron chi connectivity index (χ0n) is 28.5. The molecule has 11 rings (SSSR count). The van der Waals surface area contributed by atoms with E-state index in [-0.39, 0.29) is 0 Å². The lowest BCUT2D eigenvalue weighted by Crippen LogP contribution is -2.10. The van der Waals surface area contributed by atoms with Gasteiger partial charge in [0, 0.05) is 45.0 Å². The van der Waals surface area contributed by atoms with E-state index in [4.69, 9.17) is 13.8 Å². The van der Waals surface area contributed by atoms with Crippen molar-refractivity contribution in [2.24, 2.45) is 0 Å². The molecule has 0 fully saturated rings. The van der Waals surface area contributed by atoms with Crippen LogP contribution in [0.1, 0.15) is 0 Å². The lowest BCUT2D eigenvalue weighted by Gasteiger charge is -2.26. The average Bonchev–Trinajstić information content (AvgIpc) is 3.81. The number of hydrogen-bond donors (Lipinski definition) is 0. The molecule has 2 aromatic heterocycles. The minimum absolute atomic E-state index is 0.605. The average molecular weight is 679 g/mol. The molecule has 2 heterocycles. The van der Waals surface area contributed by atoms with Crippen molar-refractivity contribution in [3.05, 3.63) is 182 Å². The molecule has 4 nitrogen and oxygen atoms in total. The molecular formula is C49H30N2O2. The quantitative estimate of drug-likeness (QED) is 0.170. The van der Waals surface area contributed by atoms with Crippen molar-refractivity contribution >= 4 is 82.4 Å². The molecule has 0 saturated carbocycles. The first-order valence-corrected chi connectivity index (χ1v) is 17.9. The molecule has 0 aliphatic carbocycles. The van der Waals surface area contributed by atoms with E-state index in [1.165, 1.54) is 32.3 Å². The Labute approximate surface area is 304 Å². The van der Waals surface area contributed by atoms with Crippen LogP contribution in [0.15, 0.2) is 191 Å². The molecule has 0 bridgehead atoms. The van der Waals surface area contributed by atoms with Crippen LogP contribution >= 0.6 is 0 Å². The third-order valence-corrected chi connectivity index (χ3v) is 10.4. The highest BCUT2D eigenvalue weighted by Crippen LogP contribution is 2.42. The molecule has 9 aromatic carbocycles. The van der Waals surface area contributed by atoms with E-state index in [0.29, 0.717) is 5.89 Å². The number of para-hydroxylation sites is 1. The third kappa shape index (κ3) is 4.88. The molecule has 248 valence electrons. The van der Waals surface area contributed by atoms with Crippen LogP contribution in [0.25, 0.3) is 87.9 Å². The molecule has 0 spiro atoms. The number of rotatable bonds is 5. The van der Waals surface area contributed by atoms with Gasteiger partial charge < -0.3 is 13.7 Å². The van der Waals surface area contributed by atoms with E-state index in [1.54, 1.807) is 0 Å². The van der Waals surface area contributed by atoms with Crippen molar-refractivity contribution in [3.63, 3.8) is 0 Å². The summed E-state index contributed by atoms with van der Waals surface area (Å²) in [6.07, 6.45) is 0. The Balaban J connectivity index is 1.03. The molecule has 0 atom stereocenters. The van der Waals surface area contributed by atoms with Gasteiger partial charge in [0.15, 0.2) is 5.58 Å². The predicted molar refractivity (Wildman–Crippen MR) is 219 cm³/mol. The number of fused-ring (bicyclic) bond motifs is 8. The van der Waals surface area contributed by atoms with Crippen molar-refractivity contribution in [3.8, 4) is 22.6 Å². The van der Waals surface area contributed by atoms with E-state index < -0.39 is 0 Å². The Morgan fingerprint density at radius 2 is 1.04 bits per heavy atom. The van der Waals surface area contributed by atoms with Gasteiger partial charge in [-0.15, -0.1) is 0 Å². The molecule has 0 amide bonds. The Hall–Kier alpha value is -7.17. The van der Waals surface area contributed by atoms with Crippen LogP contribution in [0.3, 0.4) is 0 Å². The van der Waals surface area contributed by atoms with Crippen LogP contribution < -0.4 is 4.90 Å². The van der Waals surface area contributed by atoms with Gasteiger partial charge in [0.1, 0.15) is 16.7 Å². The molecule has 0 aliphatic rings. The summed E-state index contributed by atoms with van der Waals surface area (Å²) in [5.74, 6) is 0.605. The number of hydrogen-bond acceptors (Lipinski definition) is 4. The van der Waals surface area contributed by atoms with Crippen LogP contribution in [-0.4, -0.2) is 4.98 Å². The van der Waals surface area contributed by atoms with Gasteiger partial charge in [-0.05, 0) is 92.5 Å². The van der Waals surface area contributed by atoms with E-state index in [1.807, 2.05) is 36.4 Å². The fourth-order valence-electron chi connectivity index (χ4n) is 7.83. The Bertz CT molecular complexity index is 3180. The summed E-state index contributed by atoms with van der Waals surface area (Å²) in [7, 11) is 0. The van der Waals surface area contributed by atoms with E-state index in [2.05, 4.69) is 150 Å². The molecule has 0 unspecified atom stereocenters. The van der Waals surface area contributed by atoms with Gasteiger partial charge in [0.25, 0.3) is 0 Å². The summed E-state index contributed by atoms with van der Waals surface area (Å²) in [6.45, 7) is 0. The van der Waals surface area contributed by atoms with Crippen molar-refractivity contribution in [2.45, 2.75) is 0 Å². The second-order valence-corrected chi connectivity index (χ2v) is 13.6. The topological polar surface area (TPSA) is 42.4 Å². The number of anilines is 3. The molecule has 0 N–H and O–H groups in total. The minimum Gasteiger partial charge on any atom is -0.455 e. The van der Waals surface area contributed by atoms with Gasteiger partial charge in [0.05, 0.1) is 0 Å². The number of furan rings is 1. The Morgan fingerprint density at radius 1 is 0.377 bits per heavy atom. The monoisotopic (exact) mass is 678 g/mol. The van der Waals surface area contributed by atoms with Crippen molar-refractivity contribution in [2.75, 3.05) is 4.90 Å². The number of nitrogens with zero attached hydrogens (tertiary/aromatic N) is 2. The highest BCUT2D eigenvalue weighted by atomic mass is 16.4. The summed E-state index contributed by atoms with van der Waals surface area (Å²) in [5.41, 5.74) is 9.48. The summed E-state index contributed by atoms with van der Waals surface area (Å²) in [4.78, 5) is 7.13. The second kappa shape index (κ2) is 11.7. The summed E-state index contributed by atoms with van der Waals surface area (Å²) >= 11 is 0. The SMILES string of the molecule is c1ccc(-c2nc3cc4oc5c(-c6ccc(N(c7ccc8ccccc8c7)c7ccc8ccc9ccccc9c8c7)cc6)cccc5c4cc3o2)cc1. The fraction of sp³-hybridized carbons (Fsp3) is 0. The van der Waals surface area contributed by atoms with Crippen molar-refractivity contribution < 1.29 is 8.83 Å². The first-order chi connectivity index (χ1) is 26.2. The van der Waals surface area contributed by atoms with E-state index in [9.17, 15) is 0 Å². The lowest BCUT2D eigenvalue weighted by molar-refractivity contribution is 0.620. The maximum absolute atomic E-state index is 6.60. The summed E-state index contributed by atoms with van der Waals surface area (Å²) in [5, 5.41) is 9.41. The van der Waals surface area contributed by atoms with Crippen LogP contribution in [0.5, 0.6) is 0 Å². The highest BCUT2D eigenvalue weighted by molar-refractivity contribution is 6.13. The van der Waals surface area contributed by atoms with E-state index >= 15 is 0 Å². The maximum Gasteiger partial charge on any atom is 0.227 e. The minimum atomic E-state index is 0.605. The molecule has 0 aliphatic heterocycles. The zero-order valence-corrected chi connectivity index (χ0v) is 28.5. The maximum atomic E-state index is 6.60. The Morgan fingerprint density at radius 3 is 1.89 bits per heavy atom. The fourth-order valence-corrected chi connectivity index (χ4v) is 7.83. The first-order valence-electron chi connectivity index (χ1n) is 17.9. The predicted octanol–water partition coefficient (Wildman–Crippen LogP) is 14.0. The van der Waals surface area contributed by atoms with Gasteiger partial charge >= 0.3 is 0 Å². The molecular weight excluding hydrogens is 649 g/mol. The highest BCUT2D eigenvalue weighted by Gasteiger charge is 2.18. The first kappa shape index (κ1) is 29.5. The summed E-state index contributed by atoms with van der Waals surface area (Å²) < 4.78 is 12.8. The van der Waals surface area contributed by atoms with E-state index in [0.717, 1.165) is 66.8 Å². The smallest absolute Gasteiger partial charge is 0.227 e. The van der Waals surface area contributed by atoms with Gasteiger partial charge in [-0.25, -0.2) is 4.98 Å². The number of benzene rings is 9. The van der Waals surface area contributed by atoms with Crippen LogP contribution in [0.2, 0.25) is 0 Å². The van der Waals surface area contributed by atoms with Gasteiger partial charge in [-0.1, -0.05) is 121 Å². The third-order valence-electron chi connectivity index (χ3n) is 10.4. The number of aromatic nitrogens is 1. The largest absolute Gasteiger partial charge is 0.455 e. The molecule has 53 heavy (non-hydrogen) atoms.